The van der Waals surface area contributed by atoms with E-state index < -0.39 is 23.6 Å². The number of carbonyl (C=O) groups is 2. The fourth-order valence-corrected chi connectivity index (χ4v) is 4.87. The van der Waals surface area contributed by atoms with Crippen LogP contribution in [0.2, 0.25) is 0 Å². The third-order valence-electron chi connectivity index (χ3n) is 5.75. The number of fused-ring (bicyclic) bond motifs is 1. The molecule has 0 aromatic heterocycles. The molecule has 2 heterocycles. The van der Waals surface area contributed by atoms with Gasteiger partial charge >= 0.3 is 12.1 Å². The predicted molar refractivity (Wildman–Crippen MR) is 118 cm³/mol. The summed E-state index contributed by atoms with van der Waals surface area (Å²) in [5.41, 5.74) is 0.336. The number of carbonyl (C=O) groups excluding carboxylic acids is 1. The van der Waals surface area contributed by atoms with Crippen LogP contribution >= 0.6 is 11.8 Å². The summed E-state index contributed by atoms with van der Waals surface area (Å²) in [6, 6.07) is 9.10. The lowest BCUT2D eigenvalue weighted by molar-refractivity contribution is -0.215. The van der Waals surface area contributed by atoms with E-state index in [1.165, 1.54) is 29.2 Å². The van der Waals surface area contributed by atoms with E-state index in [2.05, 4.69) is 0 Å². The van der Waals surface area contributed by atoms with Gasteiger partial charge in [-0.2, -0.15) is 18.1 Å². The second kappa shape index (κ2) is 10.1. The van der Waals surface area contributed by atoms with Gasteiger partial charge in [0.2, 0.25) is 5.91 Å². The standard InChI is InChI=1S/C24H22F3NO5S/c25-24(26,27)19-13-15(2-6-22(29)28-10-7-16(8-11-28)23(30)31)1-5-21(19)34-18-3-4-20-17(14-18)9-12-32-33-20/h1-6,13-14,16H,7-12H2,(H,30,31). The molecular weight excluding hydrogens is 471 g/mol. The molecule has 4 rings (SSSR count). The summed E-state index contributed by atoms with van der Waals surface area (Å²) >= 11 is 1.01. The Bertz CT molecular complexity index is 1110. The van der Waals surface area contributed by atoms with Crippen LogP contribution in [0.1, 0.15) is 29.5 Å². The molecule has 1 amide bonds. The van der Waals surface area contributed by atoms with E-state index in [1.807, 2.05) is 0 Å². The van der Waals surface area contributed by atoms with Gasteiger partial charge in [-0.25, -0.2) is 0 Å². The lowest BCUT2D eigenvalue weighted by Gasteiger charge is -2.29. The van der Waals surface area contributed by atoms with Crippen LogP contribution in [-0.4, -0.2) is 41.6 Å². The minimum absolute atomic E-state index is 0.0552. The first-order valence-electron chi connectivity index (χ1n) is 10.7. The highest BCUT2D eigenvalue weighted by atomic mass is 32.2. The molecule has 2 aromatic rings. The van der Waals surface area contributed by atoms with Crippen LogP contribution in [0.15, 0.2) is 52.3 Å². The Balaban J connectivity index is 1.49. The summed E-state index contributed by atoms with van der Waals surface area (Å²) in [6.45, 7) is 0.995. The van der Waals surface area contributed by atoms with Gasteiger partial charge < -0.3 is 14.9 Å². The number of aliphatic carboxylic acids is 1. The van der Waals surface area contributed by atoms with Crippen molar-refractivity contribution in [1.29, 1.82) is 0 Å². The topological polar surface area (TPSA) is 76.1 Å². The number of nitrogens with zero attached hydrogens (tertiary/aromatic N) is 1. The molecule has 0 aliphatic carbocycles. The lowest BCUT2D eigenvalue weighted by atomic mass is 9.97. The van der Waals surface area contributed by atoms with Crippen LogP contribution in [0.5, 0.6) is 5.75 Å². The zero-order valence-corrected chi connectivity index (χ0v) is 18.8. The molecule has 0 radical (unpaired) electrons. The number of carboxylic acid groups (broad SMARTS) is 1. The van der Waals surface area contributed by atoms with Crippen LogP contribution in [-0.2, 0) is 27.1 Å². The maximum Gasteiger partial charge on any atom is 0.417 e. The number of halogens is 3. The molecule has 0 saturated carbocycles. The summed E-state index contributed by atoms with van der Waals surface area (Å²) in [6.07, 6.45) is -0.649. The molecule has 6 nitrogen and oxygen atoms in total. The molecule has 180 valence electrons. The maximum absolute atomic E-state index is 13.8. The highest BCUT2D eigenvalue weighted by Crippen LogP contribution is 2.41. The van der Waals surface area contributed by atoms with Crippen molar-refractivity contribution in [3.8, 4) is 5.75 Å². The lowest BCUT2D eigenvalue weighted by Crippen LogP contribution is -2.39. The minimum Gasteiger partial charge on any atom is -0.481 e. The molecule has 0 bridgehead atoms. The number of amides is 1. The van der Waals surface area contributed by atoms with Crippen molar-refractivity contribution in [2.45, 2.75) is 35.2 Å². The van der Waals surface area contributed by atoms with E-state index in [1.54, 1.807) is 18.2 Å². The van der Waals surface area contributed by atoms with E-state index in [0.717, 1.165) is 23.4 Å². The van der Waals surface area contributed by atoms with Gasteiger partial charge in [-0.05, 0) is 54.8 Å². The number of likely N-dealkylation sites (tertiary alicyclic amines) is 1. The molecule has 0 atom stereocenters. The quantitative estimate of drug-likeness (QED) is 0.464. The second-order valence-corrected chi connectivity index (χ2v) is 9.17. The maximum atomic E-state index is 13.8. The molecule has 2 aromatic carbocycles. The highest BCUT2D eigenvalue weighted by molar-refractivity contribution is 7.99. The van der Waals surface area contributed by atoms with Gasteiger partial charge in [0.05, 0.1) is 18.1 Å². The Labute approximate surface area is 198 Å². The average molecular weight is 494 g/mol. The summed E-state index contributed by atoms with van der Waals surface area (Å²) < 4.78 is 41.4. The molecule has 34 heavy (non-hydrogen) atoms. The smallest absolute Gasteiger partial charge is 0.417 e. The third kappa shape index (κ3) is 5.74. The molecule has 1 N–H and O–H groups in total. The number of hydrogen-bond acceptors (Lipinski definition) is 5. The number of benzene rings is 2. The van der Waals surface area contributed by atoms with Crippen molar-refractivity contribution in [1.82, 2.24) is 4.90 Å². The van der Waals surface area contributed by atoms with E-state index in [9.17, 15) is 22.8 Å². The number of piperidine rings is 1. The van der Waals surface area contributed by atoms with Gasteiger partial charge in [-0.1, -0.05) is 17.8 Å². The first-order chi connectivity index (χ1) is 16.2. The summed E-state index contributed by atoms with van der Waals surface area (Å²) in [5, 5.41) is 9.05. The van der Waals surface area contributed by atoms with Crippen LogP contribution in [0.3, 0.4) is 0 Å². The molecule has 2 aliphatic rings. The molecular formula is C24H22F3NO5S. The molecule has 0 spiro atoms. The van der Waals surface area contributed by atoms with Gasteiger partial charge in [-0.15, -0.1) is 0 Å². The Morgan fingerprint density at radius 1 is 1.12 bits per heavy atom. The molecule has 1 fully saturated rings. The Morgan fingerprint density at radius 2 is 1.88 bits per heavy atom. The van der Waals surface area contributed by atoms with Crippen LogP contribution in [0.25, 0.3) is 6.08 Å². The molecule has 10 heteroatoms. The first-order valence-corrected chi connectivity index (χ1v) is 11.5. The number of rotatable bonds is 5. The minimum atomic E-state index is -4.57. The molecule has 0 unspecified atom stereocenters. The van der Waals surface area contributed by atoms with Crippen molar-refractivity contribution in [2.75, 3.05) is 19.7 Å². The van der Waals surface area contributed by atoms with Crippen LogP contribution in [0, 0.1) is 5.92 Å². The SMILES string of the molecule is O=C(O)C1CCN(C(=O)C=Cc2ccc(Sc3ccc4c(c3)CCOO4)c(C(F)(F)F)c2)CC1. The predicted octanol–water partition coefficient (Wildman–Crippen LogP) is 5.06. The zero-order valence-electron chi connectivity index (χ0n) is 18.0. The number of carboxylic acids is 1. The van der Waals surface area contributed by atoms with Crippen molar-refractivity contribution >= 4 is 29.7 Å². The summed E-state index contributed by atoms with van der Waals surface area (Å²) in [7, 11) is 0. The fraction of sp³-hybridized carbons (Fsp3) is 0.333. The number of hydrogen-bond donors (Lipinski definition) is 1. The van der Waals surface area contributed by atoms with Crippen molar-refractivity contribution < 1.29 is 37.6 Å². The zero-order chi connectivity index (χ0) is 24.3. The monoisotopic (exact) mass is 493 g/mol. The largest absolute Gasteiger partial charge is 0.481 e. The second-order valence-electron chi connectivity index (χ2n) is 8.05. The average Bonchev–Trinajstić information content (AvgIpc) is 2.82. The van der Waals surface area contributed by atoms with Crippen molar-refractivity contribution in [3.63, 3.8) is 0 Å². The van der Waals surface area contributed by atoms with Crippen LogP contribution in [0.4, 0.5) is 13.2 Å². The summed E-state index contributed by atoms with van der Waals surface area (Å²) in [5.74, 6) is -1.14. The van der Waals surface area contributed by atoms with E-state index in [-0.39, 0.29) is 16.4 Å². The first kappa shape index (κ1) is 24.2. The van der Waals surface area contributed by atoms with Crippen molar-refractivity contribution in [2.24, 2.45) is 5.92 Å². The van der Waals surface area contributed by atoms with Gasteiger partial charge in [0.15, 0.2) is 5.75 Å². The highest BCUT2D eigenvalue weighted by Gasteiger charge is 2.34. The molecule has 1 saturated heterocycles. The Hall–Kier alpha value is -2.98. The van der Waals surface area contributed by atoms with Gasteiger partial charge in [-0.3, -0.25) is 9.59 Å². The van der Waals surface area contributed by atoms with E-state index in [4.69, 9.17) is 14.9 Å². The van der Waals surface area contributed by atoms with Crippen LogP contribution < -0.4 is 4.89 Å². The molecule has 2 aliphatic heterocycles. The third-order valence-corrected chi connectivity index (χ3v) is 6.81. The van der Waals surface area contributed by atoms with E-state index in [0.29, 0.717) is 49.6 Å². The summed E-state index contributed by atoms with van der Waals surface area (Å²) in [4.78, 5) is 35.6. The Morgan fingerprint density at radius 3 is 2.59 bits per heavy atom. The van der Waals surface area contributed by atoms with E-state index >= 15 is 0 Å². The Kier molecular flexibility index (Phi) is 7.18. The van der Waals surface area contributed by atoms with Gasteiger partial charge in [0, 0.05) is 40.9 Å². The van der Waals surface area contributed by atoms with Gasteiger partial charge in [0.1, 0.15) is 0 Å². The fourth-order valence-electron chi connectivity index (χ4n) is 3.86. The number of alkyl halides is 3. The van der Waals surface area contributed by atoms with Crippen molar-refractivity contribution in [3.05, 3.63) is 59.2 Å². The van der Waals surface area contributed by atoms with Gasteiger partial charge in [0.25, 0.3) is 0 Å². The normalized spacial score (nSPS) is 16.9.